The van der Waals surface area contributed by atoms with E-state index in [0.717, 1.165) is 28.5 Å². The maximum absolute atomic E-state index is 11.3. The Morgan fingerprint density at radius 3 is 2.64 bits per heavy atom. The van der Waals surface area contributed by atoms with Crippen LogP contribution >= 0.6 is 0 Å². The zero-order valence-corrected chi connectivity index (χ0v) is 13.9. The Morgan fingerprint density at radius 1 is 1.16 bits per heavy atom. The van der Waals surface area contributed by atoms with Gasteiger partial charge in [0.15, 0.2) is 6.79 Å². The van der Waals surface area contributed by atoms with Gasteiger partial charge >= 0.3 is 5.97 Å². The summed E-state index contributed by atoms with van der Waals surface area (Å²) >= 11 is 0. The van der Waals surface area contributed by atoms with E-state index in [4.69, 9.17) is 18.9 Å². The van der Waals surface area contributed by atoms with Crippen LogP contribution in [0.15, 0.2) is 55.1 Å². The first-order chi connectivity index (χ1) is 12.2. The molecular formula is C20H18O5. The molecule has 5 nitrogen and oxygen atoms in total. The van der Waals surface area contributed by atoms with Crippen LogP contribution in [0.5, 0.6) is 17.2 Å². The largest absolute Gasteiger partial charge is 0.497 e. The fourth-order valence-corrected chi connectivity index (χ4v) is 2.44. The van der Waals surface area contributed by atoms with Gasteiger partial charge in [0, 0.05) is 17.7 Å². The van der Waals surface area contributed by atoms with Crippen LogP contribution in [0, 0.1) is 0 Å². The lowest BCUT2D eigenvalue weighted by molar-refractivity contribution is -0.128. The average molecular weight is 338 g/mol. The summed E-state index contributed by atoms with van der Waals surface area (Å²) in [5.74, 6) is 1.26. The van der Waals surface area contributed by atoms with Crippen LogP contribution in [0.4, 0.5) is 0 Å². The molecule has 0 aromatic heterocycles. The Hall–Kier alpha value is -3.05. The zero-order valence-electron chi connectivity index (χ0n) is 13.9. The van der Waals surface area contributed by atoms with Gasteiger partial charge in [-0.3, -0.25) is 0 Å². The van der Waals surface area contributed by atoms with Crippen LogP contribution < -0.4 is 14.2 Å². The van der Waals surface area contributed by atoms with Gasteiger partial charge in [0.05, 0.1) is 13.7 Å². The highest BCUT2D eigenvalue weighted by atomic mass is 16.7. The summed E-state index contributed by atoms with van der Waals surface area (Å²) in [7, 11) is 1.64. The van der Waals surface area contributed by atoms with E-state index in [0.29, 0.717) is 18.1 Å². The molecule has 128 valence electrons. The number of esters is 1. The van der Waals surface area contributed by atoms with E-state index in [2.05, 4.69) is 6.58 Å². The molecule has 1 aliphatic heterocycles. The molecule has 0 atom stereocenters. The van der Waals surface area contributed by atoms with Crippen molar-refractivity contribution in [1.29, 1.82) is 0 Å². The third-order valence-electron chi connectivity index (χ3n) is 3.72. The van der Waals surface area contributed by atoms with Gasteiger partial charge in [-0.25, -0.2) is 4.79 Å². The molecule has 0 fully saturated rings. The molecule has 0 N–H and O–H groups in total. The minimum Gasteiger partial charge on any atom is -0.497 e. The fraction of sp³-hybridized carbons (Fsp3) is 0.150. The number of hydrogen-bond donors (Lipinski definition) is 0. The molecule has 0 amide bonds. The van der Waals surface area contributed by atoms with Gasteiger partial charge in [0.25, 0.3) is 0 Å². The van der Waals surface area contributed by atoms with Gasteiger partial charge in [-0.15, -0.1) is 0 Å². The van der Waals surface area contributed by atoms with Crippen LogP contribution in [0.1, 0.15) is 11.1 Å². The predicted molar refractivity (Wildman–Crippen MR) is 94.6 cm³/mol. The van der Waals surface area contributed by atoms with Crippen molar-refractivity contribution in [2.75, 3.05) is 20.5 Å². The second-order valence-electron chi connectivity index (χ2n) is 5.33. The smallest absolute Gasteiger partial charge is 0.335 e. The number of hydrogen-bond acceptors (Lipinski definition) is 5. The number of carbonyl (C=O) groups excluding carboxylic acids is 1. The molecule has 0 saturated heterocycles. The second-order valence-corrected chi connectivity index (χ2v) is 5.33. The molecular weight excluding hydrogens is 320 g/mol. The molecule has 0 radical (unpaired) electrons. The lowest BCUT2D eigenvalue weighted by Gasteiger charge is -2.17. The third kappa shape index (κ3) is 4.08. The number of benzene rings is 2. The van der Waals surface area contributed by atoms with Gasteiger partial charge < -0.3 is 18.9 Å². The van der Waals surface area contributed by atoms with Crippen LogP contribution in [-0.2, 0) is 9.53 Å². The summed E-state index contributed by atoms with van der Waals surface area (Å²) < 4.78 is 21.5. The highest BCUT2D eigenvalue weighted by Crippen LogP contribution is 2.31. The van der Waals surface area contributed by atoms with Crippen molar-refractivity contribution in [1.82, 2.24) is 0 Å². The van der Waals surface area contributed by atoms with Gasteiger partial charge in [0.1, 0.15) is 17.2 Å². The first-order valence-corrected chi connectivity index (χ1v) is 7.73. The predicted octanol–water partition coefficient (Wildman–Crippen LogP) is 3.69. The summed E-state index contributed by atoms with van der Waals surface area (Å²) in [5, 5.41) is 0. The summed E-state index contributed by atoms with van der Waals surface area (Å²) in [6, 6.07) is 13.0. The molecule has 3 rings (SSSR count). The molecule has 0 bridgehead atoms. The normalized spacial score (nSPS) is 15.5. The minimum absolute atomic E-state index is 0.110. The molecule has 5 heteroatoms. The van der Waals surface area contributed by atoms with Crippen molar-refractivity contribution in [3.63, 3.8) is 0 Å². The number of ether oxygens (including phenoxy) is 4. The number of methoxy groups -OCH3 is 1. The van der Waals surface area contributed by atoms with E-state index in [9.17, 15) is 4.79 Å². The SMILES string of the molecule is C=CC(=O)Oc1ccc2c(c1)OCOC/C(c1ccc(OC)cc1)=C\2. The van der Waals surface area contributed by atoms with E-state index in [1.54, 1.807) is 19.2 Å². The maximum atomic E-state index is 11.3. The maximum Gasteiger partial charge on any atom is 0.335 e. The molecule has 0 aliphatic carbocycles. The van der Waals surface area contributed by atoms with E-state index >= 15 is 0 Å². The van der Waals surface area contributed by atoms with E-state index in [1.807, 2.05) is 36.4 Å². The van der Waals surface area contributed by atoms with Crippen molar-refractivity contribution < 1.29 is 23.7 Å². The molecule has 25 heavy (non-hydrogen) atoms. The average Bonchev–Trinajstić information content (AvgIpc) is 2.63. The molecule has 2 aromatic rings. The van der Waals surface area contributed by atoms with Crippen molar-refractivity contribution in [3.8, 4) is 17.2 Å². The van der Waals surface area contributed by atoms with Crippen LogP contribution in [0.2, 0.25) is 0 Å². The molecule has 1 aliphatic rings. The minimum atomic E-state index is -0.517. The topological polar surface area (TPSA) is 54.0 Å². The molecule has 0 spiro atoms. The Bertz CT molecular complexity index is 805. The fourth-order valence-electron chi connectivity index (χ4n) is 2.44. The second kappa shape index (κ2) is 7.68. The number of carbonyl (C=O) groups is 1. The third-order valence-corrected chi connectivity index (χ3v) is 3.72. The van der Waals surface area contributed by atoms with Gasteiger partial charge in [-0.05, 0) is 41.5 Å². The van der Waals surface area contributed by atoms with Crippen LogP contribution in [-0.4, -0.2) is 26.5 Å². The number of rotatable bonds is 4. The van der Waals surface area contributed by atoms with Gasteiger partial charge in [0.2, 0.25) is 0 Å². The highest BCUT2D eigenvalue weighted by Gasteiger charge is 2.12. The van der Waals surface area contributed by atoms with E-state index in [-0.39, 0.29) is 6.79 Å². The summed E-state index contributed by atoms with van der Waals surface area (Å²) in [5.41, 5.74) is 2.94. The monoisotopic (exact) mass is 338 g/mol. The molecule has 0 saturated carbocycles. The van der Waals surface area contributed by atoms with E-state index < -0.39 is 5.97 Å². The lowest BCUT2D eigenvalue weighted by Crippen LogP contribution is -2.10. The Labute approximate surface area is 146 Å². The first-order valence-electron chi connectivity index (χ1n) is 7.73. The van der Waals surface area contributed by atoms with Gasteiger partial charge in [-0.1, -0.05) is 18.7 Å². The molecule has 1 heterocycles. The molecule has 0 unspecified atom stereocenters. The van der Waals surface area contributed by atoms with Gasteiger partial charge in [-0.2, -0.15) is 0 Å². The van der Waals surface area contributed by atoms with E-state index in [1.165, 1.54) is 0 Å². The highest BCUT2D eigenvalue weighted by molar-refractivity contribution is 5.85. The van der Waals surface area contributed by atoms with Crippen molar-refractivity contribution >= 4 is 17.6 Å². The summed E-state index contributed by atoms with van der Waals surface area (Å²) in [4.78, 5) is 11.3. The van der Waals surface area contributed by atoms with Crippen molar-refractivity contribution in [2.24, 2.45) is 0 Å². The Balaban J connectivity index is 1.93. The number of fused-ring (bicyclic) bond motifs is 1. The summed E-state index contributed by atoms with van der Waals surface area (Å²) in [6.45, 7) is 3.92. The summed E-state index contributed by atoms with van der Waals surface area (Å²) in [6.07, 6.45) is 3.11. The standard InChI is InChI=1S/C20H18O5/c1-3-20(21)25-18-9-6-15-10-16(12-23-13-24-19(15)11-18)14-4-7-17(22-2)8-5-14/h3-11H,1,12-13H2,2H3/b16-10+. The quantitative estimate of drug-likeness (QED) is 0.483. The molecule has 2 aromatic carbocycles. The van der Waals surface area contributed by atoms with Crippen LogP contribution in [0.3, 0.4) is 0 Å². The Morgan fingerprint density at radius 2 is 1.92 bits per heavy atom. The van der Waals surface area contributed by atoms with Crippen molar-refractivity contribution in [3.05, 3.63) is 66.2 Å². The first kappa shape index (κ1) is 16.8. The Kier molecular flexibility index (Phi) is 5.16. The van der Waals surface area contributed by atoms with Crippen molar-refractivity contribution in [2.45, 2.75) is 0 Å². The lowest BCUT2D eigenvalue weighted by atomic mass is 10.0. The van der Waals surface area contributed by atoms with Crippen LogP contribution in [0.25, 0.3) is 11.6 Å². The zero-order chi connectivity index (χ0) is 17.6.